The first kappa shape index (κ1) is 102. The van der Waals surface area contributed by atoms with E-state index in [1.54, 1.807) is 0 Å². The van der Waals surface area contributed by atoms with Gasteiger partial charge in [0.25, 0.3) is 0 Å². The Kier molecular flexibility index (Phi) is 75.4. The summed E-state index contributed by atoms with van der Waals surface area (Å²) in [6, 6.07) is 0. The van der Waals surface area contributed by atoms with Crippen molar-refractivity contribution in [2.24, 2.45) is 0 Å². The quantitative estimate of drug-likeness (QED) is 0.0169. The van der Waals surface area contributed by atoms with Crippen LogP contribution in [0.4, 0.5) is 0 Å². The van der Waals surface area contributed by atoms with Gasteiger partial charge in [-0.1, -0.05) is 307 Å². The molecular formula is C89H146O17P2. The maximum absolute atomic E-state index is 13.1. The van der Waals surface area contributed by atoms with E-state index in [0.717, 1.165) is 167 Å². The lowest BCUT2D eigenvalue weighted by molar-refractivity contribution is -0.161. The van der Waals surface area contributed by atoms with E-state index >= 15 is 0 Å². The number of hydrogen-bond donors (Lipinski definition) is 3. The van der Waals surface area contributed by atoms with Gasteiger partial charge in [0.1, 0.15) is 19.3 Å². The summed E-state index contributed by atoms with van der Waals surface area (Å²) < 4.78 is 68.6. The Balaban J connectivity index is 5.45. The summed E-state index contributed by atoms with van der Waals surface area (Å²) in [5.41, 5.74) is 0. The molecule has 0 saturated heterocycles. The van der Waals surface area contributed by atoms with Crippen LogP contribution in [0.2, 0.25) is 0 Å². The van der Waals surface area contributed by atoms with Gasteiger partial charge in [0.05, 0.1) is 26.4 Å². The van der Waals surface area contributed by atoms with Gasteiger partial charge >= 0.3 is 39.5 Å². The molecule has 17 nitrogen and oxygen atoms in total. The van der Waals surface area contributed by atoms with Crippen LogP contribution in [0.5, 0.6) is 0 Å². The molecule has 0 aromatic heterocycles. The topological polar surface area (TPSA) is 237 Å². The van der Waals surface area contributed by atoms with Crippen LogP contribution in [0.3, 0.4) is 0 Å². The number of allylic oxidation sites excluding steroid dienone is 28. The Labute approximate surface area is 654 Å². The molecule has 0 rings (SSSR count). The Hall–Kier alpha value is -5.58. The van der Waals surface area contributed by atoms with Crippen molar-refractivity contribution in [2.75, 3.05) is 39.6 Å². The number of carbonyl (C=O) groups is 4. The molecule has 0 radical (unpaired) electrons. The Morgan fingerprint density at radius 3 is 0.824 bits per heavy atom. The number of ether oxygens (including phenoxy) is 4. The number of carbonyl (C=O) groups excluding carboxylic acids is 4. The van der Waals surface area contributed by atoms with Crippen LogP contribution >= 0.6 is 15.6 Å². The van der Waals surface area contributed by atoms with Gasteiger partial charge in [-0.2, -0.15) is 0 Å². The van der Waals surface area contributed by atoms with Crippen LogP contribution < -0.4 is 0 Å². The number of phosphoric acid groups is 2. The molecule has 0 saturated carbocycles. The predicted octanol–water partition coefficient (Wildman–Crippen LogP) is 24.6. The van der Waals surface area contributed by atoms with E-state index in [2.05, 4.69) is 180 Å². The molecule has 0 aliphatic rings. The summed E-state index contributed by atoms with van der Waals surface area (Å²) in [4.78, 5) is 73.1. The van der Waals surface area contributed by atoms with Gasteiger partial charge in [-0.15, -0.1) is 0 Å². The molecule has 108 heavy (non-hydrogen) atoms. The second kappa shape index (κ2) is 79.5. The highest BCUT2D eigenvalue weighted by molar-refractivity contribution is 7.47. The van der Waals surface area contributed by atoms with E-state index in [-0.39, 0.29) is 25.7 Å². The molecule has 0 fully saturated rings. The standard InChI is InChI=1S/C89H146O17P2/c1-5-9-13-17-21-25-29-32-35-38-41-44-47-50-54-57-61-65-69-73-86(91)99-79-84(105-88(93)75-71-67-63-59-53-28-24-20-16-12-8-4)81-103-107(95,96)101-77-83(90)78-102-108(97,98)104-82-85(106-89(94)76-72-68-64-60-56-52-49-46-43-40-37-34-31-27-23-19-15-11-7-3)80-100-87(92)74-70-66-62-58-55-51-48-45-42-39-36-33-30-26-22-18-14-10-6-2/h9-10,13-14,21-23,25-27,32-37,41-46,50-51,54-55,61,65,83-85,90H,5-8,11-12,15-20,24,28-31,38-40,47-49,52-53,56-60,62-64,66-82H2,1-4H3,(H,95,96)(H,97,98)/b13-9-,14-10-,25-21-,26-22-,27-23-,35-32-,36-33-,37-34-,44-41-,45-42-,46-43-,54-50-,55-51-,65-61-. The zero-order valence-corrected chi connectivity index (χ0v) is 69.0. The smallest absolute Gasteiger partial charge is 0.462 e. The van der Waals surface area contributed by atoms with Gasteiger partial charge in [-0.25, -0.2) is 9.13 Å². The van der Waals surface area contributed by atoms with E-state index in [9.17, 15) is 43.2 Å². The highest BCUT2D eigenvalue weighted by atomic mass is 31.2. The molecule has 0 spiro atoms. The largest absolute Gasteiger partial charge is 0.472 e. The van der Waals surface area contributed by atoms with Crippen LogP contribution in [-0.4, -0.2) is 96.7 Å². The molecular weight excluding hydrogens is 1400 g/mol. The normalized spacial score (nSPS) is 14.7. The molecule has 0 aliphatic carbocycles. The van der Waals surface area contributed by atoms with Crippen LogP contribution in [0, 0.1) is 0 Å². The number of hydrogen-bond acceptors (Lipinski definition) is 15. The summed E-state index contributed by atoms with van der Waals surface area (Å²) in [7, 11) is -10.0. The van der Waals surface area contributed by atoms with Crippen molar-refractivity contribution in [3.8, 4) is 0 Å². The van der Waals surface area contributed by atoms with Crippen molar-refractivity contribution in [1.29, 1.82) is 0 Å². The maximum atomic E-state index is 13.1. The van der Waals surface area contributed by atoms with Gasteiger partial charge in [0.2, 0.25) is 0 Å². The van der Waals surface area contributed by atoms with Crippen LogP contribution in [0.1, 0.15) is 310 Å². The molecule has 0 amide bonds. The van der Waals surface area contributed by atoms with Gasteiger partial charge in [-0.3, -0.25) is 37.3 Å². The minimum atomic E-state index is -5.00. The highest BCUT2D eigenvalue weighted by Gasteiger charge is 2.30. The second-order valence-corrected chi connectivity index (χ2v) is 29.9. The molecule has 3 N–H and O–H groups in total. The van der Waals surface area contributed by atoms with E-state index in [1.807, 2.05) is 18.2 Å². The van der Waals surface area contributed by atoms with E-state index in [1.165, 1.54) is 57.8 Å². The fraction of sp³-hybridized carbons (Fsp3) is 0.640. The van der Waals surface area contributed by atoms with Crippen molar-refractivity contribution < 1.29 is 80.2 Å². The average Bonchev–Trinajstić information content (AvgIpc) is 0.899. The third kappa shape index (κ3) is 78.5. The lowest BCUT2D eigenvalue weighted by Crippen LogP contribution is -2.30. The second-order valence-electron chi connectivity index (χ2n) is 27.0. The van der Waals surface area contributed by atoms with Crippen molar-refractivity contribution >= 4 is 39.5 Å². The third-order valence-corrected chi connectivity index (χ3v) is 18.6. The predicted molar refractivity (Wildman–Crippen MR) is 445 cm³/mol. The first-order chi connectivity index (χ1) is 52.7. The summed E-state index contributed by atoms with van der Waals surface area (Å²) in [5, 5.41) is 10.7. The molecule has 0 aromatic rings. The van der Waals surface area contributed by atoms with Gasteiger partial charge in [0.15, 0.2) is 12.2 Å². The van der Waals surface area contributed by atoms with Crippen molar-refractivity contribution in [3.05, 3.63) is 170 Å². The van der Waals surface area contributed by atoms with Crippen molar-refractivity contribution in [2.45, 2.75) is 329 Å². The lowest BCUT2D eigenvalue weighted by atomic mass is 10.1. The molecule has 5 atom stereocenters. The minimum Gasteiger partial charge on any atom is -0.462 e. The number of aliphatic hydroxyl groups is 1. The van der Waals surface area contributed by atoms with E-state index in [0.29, 0.717) is 32.1 Å². The molecule has 614 valence electrons. The SMILES string of the molecule is CC/C=C\C/C=C\C/C=C\C/C=C\C/C=C\C/C=C\CCC(=O)OCC(COP(=O)(O)OCC(O)COP(=O)(O)OCC(COC(=O)CCCCC/C=C\C/C=C\C/C=C\C/C=C\C/C=C\CC)OC(=O)CCCCCCCC/C=C\C/C=C\C/C=C\CCCCC)OC(=O)CCCCCCCCCCCCC. The van der Waals surface area contributed by atoms with Crippen LogP contribution in [0.15, 0.2) is 170 Å². The average molecular weight is 1550 g/mol. The fourth-order valence-electron chi connectivity index (χ4n) is 10.5. The number of aliphatic hydroxyl groups excluding tert-OH is 1. The number of esters is 4. The molecule has 19 heteroatoms. The van der Waals surface area contributed by atoms with E-state index < -0.39 is 97.5 Å². The zero-order valence-electron chi connectivity index (χ0n) is 67.2. The summed E-state index contributed by atoms with van der Waals surface area (Å²) in [6.45, 7) is 4.48. The molecule has 0 heterocycles. The first-order valence-corrected chi connectivity index (χ1v) is 44.4. The van der Waals surface area contributed by atoms with Gasteiger partial charge in [-0.05, 0) is 148 Å². The Bertz CT molecular complexity index is 2710. The van der Waals surface area contributed by atoms with Crippen LogP contribution in [-0.2, 0) is 65.4 Å². The molecule has 5 unspecified atom stereocenters. The van der Waals surface area contributed by atoms with Crippen molar-refractivity contribution in [1.82, 2.24) is 0 Å². The minimum absolute atomic E-state index is 0.0323. The molecule has 0 bridgehead atoms. The van der Waals surface area contributed by atoms with E-state index in [4.69, 9.17) is 37.0 Å². The third-order valence-electron chi connectivity index (χ3n) is 16.7. The summed E-state index contributed by atoms with van der Waals surface area (Å²) in [6.07, 6.45) is 94.8. The Morgan fingerprint density at radius 1 is 0.269 bits per heavy atom. The Morgan fingerprint density at radius 2 is 0.500 bits per heavy atom. The summed E-state index contributed by atoms with van der Waals surface area (Å²) in [5.74, 6) is -2.33. The van der Waals surface area contributed by atoms with Gasteiger partial charge < -0.3 is 33.8 Å². The van der Waals surface area contributed by atoms with Crippen LogP contribution in [0.25, 0.3) is 0 Å². The number of phosphoric ester groups is 2. The number of unbranched alkanes of at least 4 members (excludes halogenated alkanes) is 22. The highest BCUT2D eigenvalue weighted by Crippen LogP contribution is 2.45. The van der Waals surface area contributed by atoms with Gasteiger partial charge in [0, 0.05) is 25.7 Å². The maximum Gasteiger partial charge on any atom is 0.472 e. The fourth-order valence-corrected chi connectivity index (χ4v) is 12.0. The van der Waals surface area contributed by atoms with Crippen molar-refractivity contribution in [3.63, 3.8) is 0 Å². The number of rotatable bonds is 76. The summed E-state index contributed by atoms with van der Waals surface area (Å²) >= 11 is 0. The molecule has 0 aliphatic heterocycles. The lowest BCUT2D eigenvalue weighted by Gasteiger charge is -2.21. The first-order valence-electron chi connectivity index (χ1n) is 41.4. The monoisotopic (exact) mass is 1550 g/mol. The zero-order chi connectivity index (χ0) is 78.9. The molecule has 0 aromatic carbocycles.